The Morgan fingerprint density at radius 1 is 1.21 bits per heavy atom. The summed E-state index contributed by atoms with van der Waals surface area (Å²) in [6.45, 7) is 4.46. The fourth-order valence-electron chi connectivity index (χ4n) is 3.81. The zero-order chi connectivity index (χ0) is 23.8. The predicted molar refractivity (Wildman–Crippen MR) is 132 cm³/mol. The molecule has 0 atom stereocenters. The van der Waals surface area contributed by atoms with Gasteiger partial charge in [-0.2, -0.15) is 0 Å². The average molecular weight is 463 g/mol. The minimum absolute atomic E-state index is 0.227. The van der Waals surface area contributed by atoms with Gasteiger partial charge in [-0.25, -0.2) is 4.99 Å². The number of hydrogen-bond donors (Lipinski definition) is 2. The summed E-state index contributed by atoms with van der Waals surface area (Å²) in [5.74, 6) is 1.69. The minimum Gasteiger partial charge on any atom is -0.496 e. The SMILES string of the molecule is CN/C=C\C=C1/CN=C(c2ccccc2NC(=O)c2ccc(CN3CCOCC3)c(OC)c2)O1. The topological polar surface area (TPSA) is 84.4 Å². The molecule has 1 saturated heterocycles. The second-order valence-electron chi connectivity index (χ2n) is 7.92. The molecule has 2 aromatic carbocycles. The zero-order valence-electron chi connectivity index (χ0n) is 19.5. The van der Waals surface area contributed by atoms with Gasteiger partial charge >= 0.3 is 0 Å². The quantitative estimate of drug-likeness (QED) is 0.627. The molecule has 1 amide bonds. The molecule has 0 unspecified atom stereocenters. The summed E-state index contributed by atoms with van der Waals surface area (Å²) in [7, 11) is 3.46. The maximum atomic E-state index is 13.1. The lowest BCUT2D eigenvalue weighted by Gasteiger charge is -2.27. The van der Waals surface area contributed by atoms with Crippen LogP contribution < -0.4 is 15.4 Å². The number of benzene rings is 2. The number of para-hydroxylation sites is 1. The van der Waals surface area contributed by atoms with Crippen LogP contribution in [0.5, 0.6) is 5.75 Å². The van der Waals surface area contributed by atoms with Crippen molar-refractivity contribution in [1.29, 1.82) is 0 Å². The Labute approximate surface area is 199 Å². The van der Waals surface area contributed by atoms with Gasteiger partial charge in [0.15, 0.2) is 0 Å². The molecule has 0 aliphatic carbocycles. The van der Waals surface area contributed by atoms with Crippen LogP contribution in [0.15, 0.2) is 71.6 Å². The van der Waals surface area contributed by atoms with Gasteiger partial charge < -0.3 is 24.8 Å². The lowest BCUT2D eigenvalue weighted by molar-refractivity contribution is 0.0339. The van der Waals surface area contributed by atoms with E-state index in [0.717, 1.165) is 49.7 Å². The van der Waals surface area contributed by atoms with Crippen LogP contribution in [0.2, 0.25) is 0 Å². The van der Waals surface area contributed by atoms with E-state index in [-0.39, 0.29) is 5.91 Å². The fourth-order valence-corrected chi connectivity index (χ4v) is 3.81. The van der Waals surface area contributed by atoms with Crippen LogP contribution in [0, 0.1) is 0 Å². The van der Waals surface area contributed by atoms with Crippen molar-refractivity contribution in [2.24, 2.45) is 4.99 Å². The first-order chi connectivity index (χ1) is 16.7. The number of anilines is 1. The van der Waals surface area contributed by atoms with E-state index in [1.807, 2.05) is 61.8 Å². The fraction of sp³-hybridized carbons (Fsp3) is 0.308. The van der Waals surface area contributed by atoms with Gasteiger partial charge in [-0.1, -0.05) is 18.2 Å². The highest BCUT2D eigenvalue weighted by atomic mass is 16.5. The van der Waals surface area contributed by atoms with Crippen LogP contribution in [0.3, 0.4) is 0 Å². The zero-order valence-corrected chi connectivity index (χ0v) is 19.5. The lowest BCUT2D eigenvalue weighted by atomic mass is 10.1. The normalized spacial score (nSPS) is 17.5. The van der Waals surface area contributed by atoms with Crippen LogP contribution in [0.25, 0.3) is 0 Å². The number of hydrogen-bond acceptors (Lipinski definition) is 7. The molecule has 2 heterocycles. The van der Waals surface area contributed by atoms with Gasteiger partial charge in [0.1, 0.15) is 18.1 Å². The molecule has 0 bridgehead atoms. The molecule has 8 heteroatoms. The van der Waals surface area contributed by atoms with E-state index < -0.39 is 0 Å². The summed E-state index contributed by atoms with van der Waals surface area (Å²) < 4.78 is 16.9. The van der Waals surface area contributed by atoms with Crippen molar-refractivity contribution in [3.63, 3.8) is 0 Å². The molecule has 0 radical (unpaired) electrons. The molecular formula is C26H30N4O4. The monoisotopic (exact) mass is 462 g/mol. The predicted octanol–water partition coefficient (Wildman–Crippen LogP) is 3.17. The Bertz CT molecular complexity index is 1100. The van der Waals surface area contributed by atoms with E-state index >= 15 is 0 Å². The minimum atomic E-state index is -0.227. The Morgan fingerprint density at radius 3 is 2.82 bits per heavy atom. The molecule has 2 aliphatic heterocycles. The Balaban J connectivity index is 1.47. The molecule has 4 rings (SSSR count). The summed E-state index contributed by atoms with van der Waals surface area (Å²) in [6.07, 6.45) is 5.53. The maximum Gasteiger partial charge on any atom is 0.255 e. The van der Waals surface area contributed by atoms with Gasteiger partial charge in [-0.15, -0.1) is 0 Å². The Hall–Kier alpha value is -3.62. The third-order valence-electron chi connectivity index (χ3n) is 5.60. The molecule has 0 spiro atoms. The van der Waals surface area contributed by atoms with Crippen LogP contribution in [-0.4, -0.2) is 63.7 Å². The number of ether oxygens (including phenoxy) is 3. The molecule has 2 aliphatic rings. The molecule has 2 N–H and O–H groups in total. The number of morpholine rings is 1. The molecule has 0 saturated carbocycles. The summed E-state index contributed by atoms with van der Waals surface area (Å²) in [5, 5.41) is 5.93. The average Bonchev–Trinajstić information content (AvgIpc) is 3.34. The number of carbonyl (C=O) groups excluding carboxylic acids is 1. The van der Waals surface area contributed by atoms with Crippen molar-refractivity contribution in [3.05, 3.63) is 83.3 Å². The number of carbonyl (C=O) groups is 1. The number of nitrogens with zero attached hydrogens (tertiary/aromatic N) is 2. The van der Waals surface area contributed by atoms with Crippen LogP contribution in [-0.2, 0) is 16.0 Å². The van der Waals surface area contributed by atoms with Crippen molar-refractivity contribution >= 4 is 17.5 Å². The van der Waals surface area contributed by atoms with Crippen LogP contribution in [0.4, 0.5) is 5.69 Å². The molecule has 8 nitrogen and oxygen atoms in total. The van der Waals surface area contributed by atoms with E-state index in [2.05, 4.69) is 20.5 Å². The molecule has 178 valence electrons. The van der Waals surface area contributed by atoms with Gasteiger partial charge in [0.2, 0.25) is 5.90 Å². The van der Waals surface area contributed by atoms with Gasteiger partial charge in [0, 0.05) is 37.8 Å². The highest BCUT2D eigenvalue weighted by Gasteiger charge is 2.20. The van der Waals surface area contributed by atoms with E-state index in [0.29, 0.717) is 29.4 Å². The summed E-state index contributed by atoms with van der Waals surface area (Å²) in [4.78, 5) is 19.9. The van der Waals surface area contributed by atoms with E-state index in [9.17, 15) is 4.79 Å². The molecular weight excluding hydrogens is 432 g/mol. The van der Waals surface area contributed by atoms with Crippen molar-refractivity contribution in [2.45, 2.75) is 6.54 Å². The van der Waals surface area contributed by atoms with Crippen molar-refractivity contribution in [1.82, 2.24) is 10.2 Å². The third-order valence-corrected chi connectivity index (χ3v) is 5.60. The second-order valence-corrected chi connectivity index (χ2v) is 7.92. The third kappa shape index (κ3) is 5.84. The lowest BCUT2D eigenvalue weighted by Crippen LogP contribution is -2.35. The largest absolute Gasteiger partial charge is 0.496 e. The molecule has 1 fully saturated rings. The second kappa shape index (κ2) is 11.5. The summed E-state index contributed by atoms with van der Waals surface area (Å²) >= 11 is 0. The first-order valence-electron chi connectivity index (χ1n) is 11.3. The first-order valence-corrected chi connectivity index (χ1v) is 11.3. The molecule has 2 aromatic rings. The maximum absolute atomic E-state index is 13.1. The molecule has 0 aromatic heterocycles. The Morgan fingerprint density at radius 2 is 2.03 bits per heavy atom. The molecule has 34 heavy (non-hydrogen) atoms. The summed E-state index contributed by atoms with van der Waals surface area (Å²) in [6, 6.07) is 13.0. The highest BCUT2D eigenvalue weighted by molar-refractivity contribution is 6.09. The van der Waals surface area contributed by atoms with E-state index in [1.54, 1.807) is 13.2 Å². The smallest absolute Gasteiger partial charge is 0.255 e. The number of aliphatic imine (C=N–C) groups is 1. The number of allylic oxidation sites excluding steroid dienone is 2. The van der Waals surface area contributed by atoms with Crippen LogP contribution >= 0.6 is 0 Å². The highest BCUT2D eigenvalue weighted by Crippen LogP contribution is 2.25. The summed E-state index contributed by atoms with van der Waals surface area (Å²) in [5.41, 5.74) is 2.92. The first kappa shape index (κ1) is 23.5. The van der Waals surface area contributed by atoms with Crippen molar-refractivity contribution in [3.8, 4) is 5.75 Å². The van der Waals surface area contributed by atoms with Gasteiger partial charge in [0.25, 0.3) is 5.91 Å². The van der Waals surface area contributed by atoms with Gasteiger partial charge in [0.05, 0.1) is 31.6 Å². The van der Waals surface area contributed by atoms with Gasteiger partial charge in [-0.05, 0) is 42.6 Å². The number of rotatable bonds is 8. The van der Waals surface area contributed by atoms with E-state index in [1.165, 1.54) is 0 Å². The van der Waals surface area contributed by atoms with E-state index in [4.69, 9.17) is 14.2 Å². The standard InChI is InChI=1S/C26H30N4O4/c1-27-11-5-6-21-17-28-26(34-21)22-7-3-4-8-23(22)29-25(31)19-9-10-20(24(16-19)32-2)18-30-12-14-33-15-13-30/h3-11,16,27H,12-15,17-18H2,1-2H3,(H,29,31)/b11-5-,21-6+. The number of amides is 1. The number of methoxy groups -OCH3 is 1. The van der Waals surface area contributed by atoms with Crippen molar-refractivity contribution in [2.75, 3.05) is 52.3 Å². The van der Waals surface area contributed by atoms with Gasteiger partial charge in [-0.3, -0.25) is 9.69 Å². The number of nitrogens with one attached hydrogen (secondary N) is 2. The Kier molecular flexibility index (Phi) is 7.95. The van der Waals surface area contributed by atoms with Crippen molar-refractivity contribution < 1.29 is 19.0 Å². The van der Waals surface area contributed by atoms with Crippen LogP contribution in [0.1, 0.15) is 21.5 Å².